The summed E-state index contributed by atoms with van der Waals surface area (Å²) in [7, 11) is 0. The van der Waals surface area contributed by atoms with E-state index in [9.17, 15) is 5.11 Å². The van der Waals surface area contributed by atoms with E-state index in [1.807, 2.05) is 0 Å². The van der Waals surface area contributed by atoms with E-state index in [2.05, 4.69) is 23.0 Å². The summed E-state index contributed by atoms with van der Waals surface area (Å²) in [5.41, 5.74) is 1.14. The third-order valence-corrected chi connectivity index (χ3v) is 5.51. The highest BCUT2D eigenvalue weighted by molar-refractivity contribution is 5.16. The molecule has 3 fully saturated rings. The van der Waals surface area contributed by atoms with Crippen LogP contribution < -0.4 is 0 Å². The van der Waals surface area contributed by atoms with Gasteiger partial charge in [0.1, 0.15) is 0 Å². The lowest BCUT2D eigenvalue weighted by atomic mass is 9.89. The van der Waals surface area contributed by atoms with Crippen LogP contribution in [0.1, 0.15) is 50.2 Å². The molecule has 0 saturated heterocycles. The third-order valence-electron chi connectivity index (χ3n) is 5.51. The topological polar surface area (TPSA) is 25.2 Å². The second-order valence-corrected chi connectivity index (χ2v) is 6.86. The summed E-state index contributed by atoms with van der Waals surface area (Å²) >= 11 is 0. The number of nitrogens with zero attached hydrogens (tertiary/aromatic N) is 1. The molecule has 2 bridgehead atoms. The summed E-state index contributed by atoms with van der Waals surface area (Å²) in [6, 6.07) is 2.12. The van der Waals surface area contributed by atoms with E-state index in [0.717, 1.165) is 23.3 Å². The molecule has 1 heterocycles. The maximum Gasteiger partial charge on any atom is 0.0832 e. The van der Waals surface area contributed by atoms with Crippen molar-refractivity contribution >= 4 is 0 Å². The van der Waals surface area contributed by atoms with Gasteiger partial charge in [-0.1, -0.05) is 6.42 Å². The van der Waals surface area contributed by atoms with Gasteiger partial charge in [-0.3, -0.25) is 0 Å². The van der Waals surface area contributed by atoms with Gasteiger partial charge in [0, 0.05) is 18.9 Å². The van der Waals surface area contributed by atoms with E-state index in [0.29, 0.717) is 5.92 Å². The van der Waals surface area contributed by atoms with Crippen molar-refractivity contribution in [3.05, 3.63) is 24.0 Å². The molecule has 2 heteroatoms. The maximum atomic E-state index is 10.1. The average Bonchev–Trinajstić information content (AvgIpc) is 2.81. The van der Waals surface area contributed by atoms with Crippen LogP contribution >= 0.6 is 0 Å². The monoisotopic (exact) mass is 245 g/mol. The standard InChI is InChI=1S/C16H23NO/c18-16(12-3-4-12)14-5-6-17(9-14)10-15-8-11-1-2-13(15)7-11/h5-6,9,11-13,15-16,18H,1-4,7-8,10H2. The molecule has 0 amide bonds. The van der Waals surface area contributed by atoms with Gasteiger partial charge in [0.25, 0.3) is 0 Å². The molecule has 3 aliphatic carbocycles. The lowest BCUT2D eigenvalue weighted by molar-refractivity contribution is 0.153. The molecule has 4 atom stereocenters. The van der Waals surface area contributed by atoms with Gasteiger partial charge in [0.05, 0.1) is 6.10 Å². The van der Waals surface area contributed by atoms with Crippen molar-refractivity contribution in [1.29, 1.82) is 0 Å². The fourth-order valence-electron chi connectivity index (χ4n) is 4.30. The fraction of sp³-hybridized carbons (Fsp3) is 0.750. The molecule has 2 nitrogen and oxygen atoms in total. The van der Waals surface area contributed by atoms with Gasteiger partial charge in [-0.25, -0.2) is 0 Å². The molecule has 1 aromatic heterocycles. The van der Waals surface area contributed by atoms with E-state index in [-0.39, 0.29) is 6.10 Å². The first-order chi connectivity index (χ1) is 8.79. The molecule has 3 aliphatic rings. The Morgan fingerprint density at radius 3 is 2.78 bits per heavy atom. The first-order valence-electron chi connectivity index (χ1n) is 7.63. The molecule has 0 spiro atoms. The van der Waals surface area contributed by atoms with Crippen LogP contribution in [-0.4, -0.2) is 9.67 Å². The summed E-state index contributed by atoms with van der Waals surface area (Å²) in [5, 5.41) is 10.1. The van der Waals surface area contributed by atoms with Crippen LogP contribution in [0, 0.1) is 23.7 Å². The van der Waals surface area contributed by atoms with Gasteiger partial charge in [0.15, 0.2) is 0 Å². The summed E-state index contributed by atoms with van der Waals surface area (Å²) in [4.78, 5) is 0. The quantitative estimate of drug-likeness (QED) is 0.864. The summed E-state index contributed by atoms with van der Waals surface area (Å²) in [5.74, 6) is 3.48. The molecular weight excluding hydrogens is 222 g/mol. The SMILES string of the molecule is OC(c1ccn(CC2CC3CCC2C3)c1)C1CC1. The van der Waals surface area contributed by atoms with E-state index < -0.39 is 0 Å². The van der Waals surface area contributed by atoms with Gasteiger partial charge in [-0.2, -0.15) is 0 Å². The molecule has 1 aromatic rings. The summed E-state index contributed by atoms with van der Waals surface area (Å²) < 4.78 is 2.33. The van der Waals surface area contributed by atoms with E-state index in [4.69, 9.17) is 0 Å². The molecule has 18 heavy (non-hydrogen) atoms. The minimum Gasteiger partial charge on any atom is -0.388 e. The van der Waals surface area contributed by atoms with Gasteiger partial charge in [0.2, 0.25) is 0 Å². The Labute approximate surface area is 109 Å². The molecular formula is C16H23NO. The third kappa shape index (κ3) is 1.91. The maximum absolute atomic E-state index is 10.1. The Bertz CT molecular complexity index is 434. The number of fused-ring (bicyclic) bond motifs is 2. The average molecular weight is 245 g/mol. The Morgan fingerprint density at radius 2 is 2.11 bits per heavy atom. The number of aliphatic hydroxyl groups excluding tert-OH is 1. The zero-order valence-electron chi connectivity index (χ0n) is 11.0. The normalized spacial score (nSPS) is 36.2. The van der Waals surface area contributed by atoms with Crippen molar-refractivity contribution in [2.45, 2.75) is 51.2 Å². The highest BCUT2D eigenvalue weighted by atomic mass is 16.3. The van der Waals surface area contributed by atoms with Gasteiger partial charge >= 0.3 is 0 Å². The van der Waals surface area contributed by atoms with Crippen molar-refractivity contribution < 1.29 is 5.11 Å². The van der Waals surface area contributed by atoms with Crippen LogP contribution in [0.5, 0.6) is 0 Å². The first kappa shape index (κ1) is 11.1. The molecule has 0 radical (unpaired) electrons. The van der Waals surface area contributed by atoms with Gasteiger partial charge in [-0.15, -0.1) is 0 Å². The highest BCUT2D eigenvalue weighted by Crippen LogP contribution is 2.49. The number of hydrogen-bond donors (Lipinski definition) is 1. The number of rotatable bonds is 4. The van der Waals surface area contributed by atoms with Crippen LogP contribution in [-0.2, 0) is 6.54 Å². The predicted molar refractivity (Wildman–Crippen MR) is 71.1 cm³/mol. The Morgan fingerprint density at radius 1 is 1.22 bits per heavy atom. The van der Waals surface area contributed by atoms with Crippen molar-refractivity contribution in [2.24, 2.45) is 23.7 Å². The van der Waals surface area contributed by atoms with E-state index in [1.165, 1.54) is 45.1 Å². The molecule has 4 rings (SSSR count). The zero-order valence-corrected chi connectivity index (χ0v) is 11.0. The van der Waals surface area contributed by atoms with Crippen molar-refractivity contribution in [1.82, 2.24) is 4.57 Å². The molecule has 0 aromatic carbocycles. The van der Waals surface area contributed by atoms with E-state index >= 15 is 0 Å². The molecule has 98 valence electrons. The Hall–Kier alpha value is -0.760. The van der Waals surface area contributed by atoms with Crippen LogP contribution in [0.2, 0.25) is 0 Å². The fourth-order valence-corrected chi connectivity index (χ4v) is 4.30. The van der Waals surface area contributed by atoms with Crippen LogP contribution in [0.4, 0.5) is 0 Å². The summed E-state index contributed by atoms with van der Waals surface area (Å²) in [6.07, 6.45) is 12.5. The molecule has 3 saturated carbocycles. The van der Waals surface area contributed by atoms with Crippen LogP contribution in [0.25, 0.3) is 0 Å². The van der Waals surface area contributed by atoms with Crippen molar-refractivity contribution in [3.63, 3.8) is 0 Å². The zero-order chi connectivity index (χ0) is 12.1. The lowest BCUT2D eigenvalue weighted by Crippen LogP contribution is -2.16. The minimum atomic E-state index is -0.203. The highest BCUT2D eigenvalue weighted by Gasteiger charge is 2.39. The first-order valence-corrected chi connectivity index (χ1v) is 7.63. The van der Waals surface area contributed by atoms with Gasteiger partial charge < -0.3 is 9.67 Å². The lowest BCUT2D eigenvalue weighted by Gasteiger charge is -2.22. The van der Waals surface area contributed by atoms with Crippen LogP contribution in [0.3, 0.4) is 0 Å². The molecule has 1 N–H and O–H groups in total. The number of hydrogen-bond acceptors (Lipinski definition) is 1. The number of aliphatic hydroxyl groups is 1. The Kier molecular flexibility index (Phi) is 2.54. The Balaban J connectivity index is 1.42. The second kappa shape index (κ2) is 4.12. The molecule has 4 unspecified atom stereocenters. The smallest absolute Gasteiger partial charge is 0.0832 e. The largest absolute Gasteiger partial charge is 0.388 e. The van der Waals surface area contributed by atoms with Crippen molar-refractivity contribution in [3.8, 4) is 0 Å². The van der Waals surface area contributed by atoms with Crippen molar-refractivity contribution in [2.75, 3.05) is 0 Å². The summed E-state index contributed by atoms with van der Waals surface area (Å²) in [6.45, 7) is 1.18. The predicted octanol–water partition coefficient (Wildman–Crippen LogP) is 3.37. The molecule has 0 aliphatic heterocycles. The second-order valence-electron chi connectivity index (χ2n) is 6.86. The van der Waals surface area contributed by atoms with E-state index in [1.54, 1.807) is 0 Å². The van der Waals surface area contributed by atoms with Crippen LogP contribution in [0.15, 0.2) is 18.5 Å². The van der Waals surface area contributed by atoms with Gasteiger partial charge in [-0.05, 0) is 67.4 Å². The minimum absolute atomic E-state index is 0.203. The number of aromatic nitrogens is 1.